The topological polar surface area (TPSA) is 52.6 Å². The molecule has 0 unspecified atom stereocenters. The van der Waals surface area contributed by atoms with Gasteiger partial charge in [0, 0.05) is 13.1 Å². The van der Waals surface area contributed by atoms with E-state index in [9.17, 15) is 10.2 Å². The second-order valence-corrected chi connectivity index (χ2v) is 8.39. The predicted molar refractivity (Wildman–Crippen MR) is 140 cm³/mol. The SMILES string of the molecule is CN(C)CCN(C)C.[O-]c1ccc(-c2ccccc2)cc1.[O-]c1ccc(-c2ccccc2)cc1.[Zn+2]. The van der Waals surface area contributed by atoms with Crippen molar-refractivity contribution < 1.29 is 29.7 Å². The number of nitrogens with zero attached hydrogens (tertiary/aromatic N) is 2. The third-order valence-electron chi connectivity index (χ3n) is 4.92. The Morgan fingerprint density at radius 3 is 0.943 bits per heavy atom. The molecule has 0 saturated carbocycles. The molecule has 0 aliphatic carbocycles. The first-order valence-electron chi connectivity index (χ1n) is 11.3. The average molecular weight is 520 g/mol. The van der Waals surface area contributed by atoms with E-state index in [1.54, 1.807) is 24.3 Å². The summed E-state index contributed by atoms with van der Waals surface area (Å²) in [7, 11) is 8.35. The van der Waals surface area contributed by atoms with Crippen molar-refractivity contribution >= 4 is 0 Å². The van der Waals surface area contributed by atoms with Crippen molar-refractivity contribution in [2.45, 2.75) is 0 Å². The molecule has 35 heavy (non-hydrogen) atoms. The molecule has 4 aromatic rings. The van der Waals surface area contributed by atoms with Gasteiger partial charge in [-0.15, -0.1) is 11.5 Å². The fourth-order valence-corrected chi connectivity index (χ4v) is 2.96. The molecule has 4 nitrogen and oxygen atoms in total. The Kier molecular flexibility index (Phi) is 14.3. The van der Waals surface area contributed by atoms with Crippen LogP contribution in [0.15, 0.2) is 109 Å². The van der Waals surface area contributed by atoms with E-state index in [1.165, 1.54) is 0 Å². The number of hydrogen-bond acceptors (Lipinski definition) is 4. The Hall–Kier alpha value is -2.98. The minimum absolute atomic E-state index is 0. The fourth-order valence-electron chi connectivity index (χ4n) is 2.96. The van der Waals surface area contributed by atoms with Crippen LogP contribution in [0.2, 0.25) is 0 Å². The molecule has 0 aromatic heterocycles. The van der Waals surface area contributed by atoms with Gasteiger partial charge in [-0.3, -0.25) is 0 Å². The Labute approximate surface area is 223 Å². The minimum Gasteiger partial charge on any atom is -0.872 e. The van der Waals surface area contributed by atoms with Gasteiger partial charge in [0.25, 0.3) is 0 Å². The van der Waals surface area contributed by atoms with E-state index >= 15 is 0 Å². The van der Waals surface area contributed by atoms with E-state index in [4.69, 9.17) is 0 Å². The van der Waals surface area contributed by atoms with Crippen molar-refractivity contribution in [1.82, 2.24) is 9.80 Å². The number of likely N-dealkylation sites (N-methyl/N-ethyl adjacent to an activating group) is 2. The summed E-state index contributed by atoms with van der Waals surface area (Å²) < 4.78 is 0. The molecule has 4 rings (SSSR count). The van der Waals surface area contributed by atoms with Crippen molar-refractivity contribution in [2.24, 2.45) is 0 Å². The number of hydrogen-bond donors (Lipinski definition) is 0. The molecule has 0 atom stereocenters. The number of benzene rings is 4. The summed E-state index contributed by atoms with van der Waals surface area (Å²) in [6.07, 6.45) is 0. The first-order valence-corrected chi connectivity index (χ1v) is 11.3. The van der Waals surface area contributed by atoms with Crippen molar-refractivity contribution in [3.8, 4) is 33.8 Å². The van der Waals surface area contributed by atoms with Gasteiger partial charge in [0.1, 0.15) is 0 Å². The predicted octanol–water partition coefficient (Wildman–Crippen LogP) is 4.96. The molecule has 0 aliphatic rings. The normalized spacial score (nSPS) is 9.89. The fraction of sp³-hybridized carbons (Fsp3) is 0.200. The van der Waals surface area contributed by atoms with Crippen molar-refractivity contribution in [3.05, 3.63) is 109 Å². The molecule has 0 amide bonds. The summed E-state index contributed by atoms with van der Waals surface area (Å²) in [5.74, 6) is 0.111. The Morgan fingerprint density at radius 1 is 0.429 bits per heavy atom. The van der Waals surface area contributed by atoms with Crippen LogP contribution in [0.3, 0.4) is 0 Å². The quantitative estimate of drug-likeness (QED) is 0.350. The minimum atomic E-state index is 0. The maximum atomic E-state index is 10.9. The Balaban J connectivity index is 0.000000268. The molecule has 0 fully saturated rings. The zero-order chi connectivity index (χ0) is 24.8. The van der Waals surface area contributed by atoms with Gasteiger partial charge in [0.15, 0.2) is 0 Å². The van der Waals surface area contributed by atoms with E-state index in [-0.39, 0.29) is 31.0 Å². The van der Waals surface area contributed by atoms with Gasteiger partial charge in [-0.05, 0) is 50.4 Å². The molecule has 0 radical (unpaired) electrons. The van der Waals surface area contributed by atoms with E-state index in [1.807, 2.05) is 84.9 Å². The summed E-state index contributed by atoms with van der Waals surface area (Å²) in [5.41, 5.74) is 4.45. The molecule has 0 saturated heterocycles. The van der Waals surface area contributed by atoms with Crippen molar-refractivity contribution in [2.75, 3.05) is 41.3 Å². The smallest absolute Gasteiger partial charge is 0.872 e. The second kappa shape index (κ2) is 16.6. The van der Waals surface area contributed by atoms with Crippen LogP contribution in [0.25, 0.3) is 22.3 Å². The zero-order valence-corrected chi connectivity index (χ0v) is 24.2. The Morgan fingerprint density at radius 2 is 0.686 bits per heavy atom. The molecule has 0 bridgehead atoms. The summed E-state index contributed by atoms with van der Waals surface area (Å²) in [6, 6.07) is 33.7. The maximum absolute atomic E-state index is 10.9. The molecular weight excluding hydrogens is 486 g/mol. The van der Waals surface area contributed by atoms with Crippen LogP contribution in [-0.2, 0) is 19.5 Å². The van der Waals surface area contributed by atoms with Gasteiger partial charge in [0.2, 0.25) is 0 Å². The molecule has 0 heterocycles. The molecule has 178 valence electrons. The van der Waals surface area contributed by atoms with Gasteiger partial charge in [0.05, 0.1) is 0 Å². The van der Waals surface area contributed by atoms with Crippen LogP contribution in [0.1, 0.15) is 0 Å². The summed E-state index contributed by atoms with van der Waals surface area (Å²) >= 11 is 0. The van der Waals surface area contributed by atoms with Crippen LogP contribution in [0.5, 0.6) is 11.5 Å². The zero-order valence-electron chi connectivity index (χ0n) is 21.2. The van der Waals surface area contributed by atoms with E-state index in [0.29, 0.717) is 0 Å². The van der Waals surface area contributed by atoms with Crippen LogP contribution < -0.4 is 10.2 Å². The Bertz CT molecular complexity index is 964. The molecule has 4 aromatic carbocycles. The largest absolute Gasteiger partial charge is 2.00 e. The first-order chi connectivity index (χ1) is 16.3. The van der Waals surface area contributed by atoms with Crippen molar-refractivity contribution in [1.29, 1.82) is 0 Å². The van der Waals surface area contributed by atoms with E-state index in [0.717, 1.165) is 35.3 Å². The van der Waals surface area contributed by atoms with Gasteiger partial charge >= 0.3 is 19.5 Å². The van der Waals surface area contributed by atoms with Crippen LogP contribution in [-0.4, -0.2) is 51.1 Å². The first kappa shape index (κ1) is 30.1. The number of rotatable bonds is 5. The molecule has 5 heteroatoms. The molecule has 0 N–H and O–H groups in total. The molecule has 0 aliphatic heterocycles. The van der Waals surface area contributed by atoms with Gasteiger partial charge in [-0.1, -0.05) is 109 Å². The summed E-state index contributed by atoms with van der Waals surface area (Å²) in [5, 5.41) is 21.7. The maximum Gasteiger partial charge on any atom is 2.00 e. The van der Waals surface area contributed by atoms with Crippen LogP contribution in [0.4, 0.5) is 0 Å². The molecule has 0 spiro atoms. The van der Waals surface area contributed by atoms with Gasteiger partial charge in [-0.2, -0.15) is 0 Å². The average Bonchev–Trinajstić information content (AvgIpc) is 2.86. The monoisotopic (exact) mass is 518 g/mol. The standard InChI is InChI=1S/2C12H10O.C6H16N2.Zn/c2*13-12-8-6-11(7-9-12)10-4-2-1-3-5-10;1-7(2)5-6-8(3)4;/h2*1-9,13H;5-6H2,1-4H3;/q;;;+2/p-2. The summed E-state index contributed by atoms with van der Waals surface area (Å²) in [4.78, 5) is 4.36. The third-order valence-corrected chi connectivity index (χ3v) is 4.92. The second-order valence-electron chi connectivity index (χ2n) is 8.39. The molecular formula is C30H34N2O2Zn. The van der Waals surface area contributed by atoms with Gasteiger partial charge < -0.3 is 20.0 Å². The third kappa shape index (κ3) is 12.3. The van der Waals surface area contributed by atoms with Crippen LogP contribution >= 0.6 is 0 Å². The summed E-state index contributed by atoms with van der Waals surface area (Å²) in [6.45, 7) is 2.29. The van der Waals surface area contributed by atoms with E-state index < -0.39 is 0 Å². The van der Waals surface area contributed by atoms with E-state index in [2.05, 4.69) is 38.0 Å². The van der Waals surface area contributed by atoms with Gasteiger partial charge in [-0.25, -0.2) is 0 Å². The van der Waals surface area contributed by atoms with Crippen molar-refractivity contribution in [3.63, 3.8) is 0 Å². The van der Waals surface area contributed by atoms with Crippen LogP contribution in [0, 0.1) is 0 Å².